The fourth-order valence-corrected chi connectivity index (χ4v) is 3.38. The molecule has 0 aromatic carbocycles. The molecule has 2 aromatic rings. The molecule has 0 aliphatic rings. The van der Waals surface area contributed by atoms with E-state index in [0.29, 0.717) is 12.1 Å². The van der Waals surface area contributed by atoms with Gasteiger partial charge in [-0.25, -0.2) is 0 Å². The molecule has 2 atom stereocenters. The Morgan fingerprint density at radius 2 is 2.20 bits per heavy atom. The predicted molar refractivity (Wildman–Crippen MR) is 85.1 cm³/mol. The van der Waals surface area contributed by atoms with E-state index in [1.54, 1.807) is 0 Å². The summed E-state index contributed by atoms with van der Waals surface area (Å²) in [6.45, 7) is 5.20. The van der Waals surface area contributed by atoms with Crippen LogP contribution in [0.5, 0.6) is 0 Å². The topological polar surface area (TPSA) is 33.1 Å². The summed E-state index contributed by atoms with van der Waals surface area (Å²) in [4.78, 5) is 3.67. The van der Waals surface area contributed by atoms with Gasteiger partial charge in [-0.3, -0.25) is 4.68 Å². The van der Waals surface area contributed by atoms with E-state index in [2.05, 4.69) is 67.0 Å². The molecule has 0 saturated carbocycles. The third-order valence-corrected chi connectivity index (χ3v) is 4.60. The van der Waals surface area contributed by atoms with Gasteiger partial charge in [0.25, 0.3) is 0 Å². The number of aromatic nitrogens is 2. The van der Waals surface area contributed by atoms with E-state index in [0.717, 1.165) is 12.2 Å². The van der Waals surface area contributed by atoms with Gasteiger partial charge in [-0.2, -0.15) is 5.10 Å². The van der Waals surface area contributed by atoms with Crippen LogP contribution in [-0.4, -0.2) is 35.3 Å². The molecular formula is C15H24N4S. The van der Waals surface area contributed by atoms with Crippen molar-refractivity contribution in [3.63, 3.8) is 0 Å². The molecule has 0 saturated heterocycles. The minimum atomic E-state index is 0.311. The molecule has 2 heterocycles. The van der Waals surface area contributed by atoms with Gasteiger partial charge in [0.1, 0.15) is 0 Å². The lowest BCUT2D eigenvalue weighted by Crippen LogP contribution is -2.32. The summed E-state index contributed by atoms with van der Waals surface area (Å²) in [6, 6.07) is 5.04. The Hall–Kier alpha value is -1.17. The number of hydrogen-bond donors (Lipinski definition) is 1. The molecule has 4 nitrogen and oxygen atoms in total. The van der Waals surface area contributed by atoms with Gasteiger partial charge in [-0.15, -0.1) is 11.3 Å². The largest absolute Gasteiger partial charge is 0.308 e. The van der Waals surface area contributed by atoms with E-state index < -0.39 is 0 Å². The van der Waals surface area contributed by atoms with Crippen LogP contribution in [0.2, 0.25) is 0 Å². The van der Waals surface area contributed by atoms with Crippen molar-refractivity contribution in [2.45, 2.75) is 25.9 Å². The second-order valence-electron chi connectivity index (χ2n) is 5.47. The average Bonchev–Trinajstić information content (AvgIpc) is 2.99. The summed E-state index contributed by atoms with van der Waals surface area (Å²) in [5.41, 5.74) is 2.38. The SMILES string of the molecule is Cc1nn(C)cc1C(C)NCC(c1cccs1)N(C)C. The van der Waals surface area contributed by atoms with Gasteiger partial charge in [-0.1, -0.05) is 6.07 Å². The highest BCUT2D eigenvalue weighted by Gasteiger charge is 2.18. The molecule has 0 bridgehead atoms. The molecule has 0 fully saturated rings. The molecule has 2 rings (SSSR count). The van der Waals surface area contributed by atoms with Gasteiger partial charge in [0.05, 0.1) is 11.7 Å². The predicted octanol–water partition coefficient (Wildman–Crippen LogP) is 2.74. The summed E-state index contributed by atoms with van der Waals surface area (Å²) in [5.74, 6) is 0. The highest BCUT2D eigenvalue weighted by atomic mass is 32.1. The van der Waals surface area contributed by atoms with Crippen LogP contribution < -0.4 is 5.32 Å². The zero-order valence-electron chi connectivity index (χ0n) is 12.9. The molecule has 0 spiro atoms. The van der Waals surface area contributed by atoms with Crippen molar-refractivity contribution in [2.24, 2.45) is 7.05 Å². The summed E-state index contributed by atoms with van der Waals surface area (Å²) < 4.78 is 1.88. The third-order valence-electron chi connectivity index (χ3n) is 3.63. The maximum absolute atomic E-state index is 4.41. The standard InChI is InChI=1S/C15H24N4S/c1-11(13-10-19(5)17-12(13)2)16-9-14(18(3)4)15-7-6-8-20-15/h6-8,10-11,14,16H,9H2,1-5H3. The first-order valence-corrected chi connectivity index (χ1v) is 7.80. The van der Waals surface area contributed by atoms with Gasteiger partial charge in [0.2, 0.25) is 0 Å². The molecule has 0 radical (unpaired) electrons. The molecule has 5 heteroatoms. The molecule has 0 aliphatic carbocycles. The van der Waals surface area contributed by atoms with Gasteiger partial charge in [0, 0.05) is 36.3 Å². The van der Waals surface area contributed by atoms with Crippen LogP contribution in [0.15, 0.2) is 23.7 Å². The van der Waals surface area contributed by atoms with Crippen molar-refractivity contribution in [3.8, 4) is 0 Å². The Bertz CT molecular complexity index is 530. The van der Waals surface area contributed by atoms with Crippen molar-refractivity contribution >= 4 is 11.3 Å². The Morgan fingerprint density at radius 1 is 1.45 bits per heavy atom. The Morgan fingerprint density at radius 3 is 2.70 bits per heavy atom. The van der Waals surface area contributed by atoms with E-state index >= 15 is 0 Å². The second kappa shape index (κ2) is 6.52. The van der Waals surface area contributed by atoms with E-state index in [4.69, 9.17) is 0 Å². The van der Waals surface area contributed by atoms with Gasteiger partial charge < -0.3 is 10.2 Å². The van der Waals surface area contributed by atoms with Gasteiger partial charge >= 0.3 is 0 Å². The minimum Gasteiger partial charge on any atom is -0.308 e. The van der Waals surface area contributed by atoms with Crippen LogP contribution in [0, 0.1) is 6.92 Å². The minimum absolute atomic E-state index is 0.311. The third kappa shape index (κ3) is 3.48. The molecule has 2 aromatic heterocycles. The molecule has 0 amide bonds. The monoisotopic (exact) mass is 292 g/mol. The van der Waals surface area contributed by atoms with E-state index in [1.165, 1.54) is 10.4 Å². The van der Waals surface area contributed by atoms with Crippen molar-refractivity contribution in [1.82, 2.24) is 20.0 Å². The lowest BCUT2D eigenvalue weighted by atomic mass is 10.1. The summed E-state index contributed by atoms with van der Waals surface area (Å²) in [5, 5.41) is 10.2. The van der Waals surface area contributed by atoms with Crippen molar-refractivity contribution in [3.05, 3.63) is 39.8 Å². The van der Waals surface area contributed by atoms with Gasteiger partial charge in [-0.05, 0) is 39.4 Å². The zero-order chi connectivity index (χ0) is 14.7. The molecular weight excluding hydrogens is 268 g/mol. The van der Waals surface area contributed by atoms with Crippen LogP contribution in [0.1, 0.15) is 35.1 Å². The lowest BCUT2D eigenvalue weighted by molar-refractivity contribution is 0.285. The van der Waals surface area contributed by atoms with E-state index in [9.17, 15) is 0 Å². The fraction of sp³-hybridized carbons (Fsp3) is 0.533. The summed E-state index contributed by atoms with van der Waals surface area (Å²) in [6.07, 6.45) is 2.10. The number of hydrogen-bond acceptors (Lipinski definition) is 4. The molecule has 20 heavy (non-hydrogen) atoms. The highest BCUT2D eigenvalue weighted by molar-refractivity contribution is 7.10. The average molecular weight is 292 g/mol. The number of rotatable bonds is 6. The molecule has 1 N–H and O–H groups in total. The number of thiophene rings is 1. The number of aryl methyl sites for hydroxylation is 2. The van der Waals surface area contributed by atoms with Crippen molar-refractivity contribution < 1.29 is 0 Å². The first-order chi connectivity index (χ1) is 9.49. The van der Waals surface area contributed by atoms with Crippen LogP contribution in [0.3, 0.4) is 0 Å². The smallest absolute Gasteiger partial charge is 0.0641 e. The fourth-order valence-electron chi connectivity index (χ4n) is 2.46. The van der Waals surface area contributed by atoms with E-state index in [-0.39, 0.29) is 0 Å². The summed E-state index contributed by atoms with van der Waals surface area (Å²) >= 11 is 1.82. The maximum Gasteiger partial charge on any atom is 0.0641 e. The molecule has 0 aliphatic heterocycles. The van der Waals surface area contributed by atoms with Gasteiger partial charge in [0.15, 0.2) is 0 Å². The Kier molecular flexibility index (Phi) is 4.96. The first kappa shape index (κ1) is 15.2. The van der Waals surface area contributed by atoms with Crippen LogP contribution >= 0.6 is 11.3 Å². The number of nitrogens with one attached hydrogen (secondary N) is 1. The molecule has 110 valence electrons. The van der Waals surface area contributed by atoms with Crippen LogP contribution in [0.4, 0.5) is 0 Å². The second-order valence-corrected chi connectivity index (χ2v) is 6.45. The Labute approximate surface area is 125 Å². The van der Waals surface area contributed by atoms with Crippen molar-refractivity contribution in [1.29, 1.82) is 0 Å². The summed E-state index contributed by atoms with van der Waals surface area (Å²) in [7, 11) is 6.23. The quantitative estimate of drug-likeness (QED) is 0.889. The maximum atomic E-state index is 4.41. The first-order valence-electron chi connectivity index (χ1n) is 6.92. The molecule has 2 unspecified atom stereocenters. The van der Waals surface area contributed by atoms with Crippen LogP contribution in [0.25, 0.3) is 0 Å². The number of nitrogens with zero attached hydrogens (tertiary/aromatic N) is 3. The normalized spacial score (nSPS) is 14.7. The Balaban J connectivity index is 2.01. The highest BCUT2D eigenvalue weighted by Crippen LogP contribution is 2.24. The van der Waals surface area contributed by atoms with Crippen molar-refractivity contribution in [2.75, 3.05) is 20.6 Å². The lowest BCUT2D eigenvalue weighted by Gasteiger charge is -2.25. The number of likely N-dealkylation sites (N-methyl/N-ethyl adjacent to an activating group) is 1. The van der Waals surface area contributed by atoms with Crippen LogP contribution in [-0.2, 0) is 7.05 Å². The zero-order valence-corrected chi connectivity index (χ0v) is 13.7. The van der Waals surface area contributed by atoms with E-state index in [1.807, 2.05) is 23.1 Å².